The minimum Gasteiger partial charge on any atom is -0.261 e. The van der Waals surface area contributed by atoms with Gasteiger partial charge in [0.05, 0.1) is 4.92 Å². The van der Waals surface area contributed by atoms with Crippen molar-refractivity contribution in [3.63, 3.8) is 0 Å². The van der Waals surface area contributed by atoms with E-state index in [0.717, 1.165) is 0 Å². The standard InChI is InChI=1S/C7H3BrF5NO2/c1-2-4(9)7(13,14(15)16)3(8)5(10)6(2,11)12/h1H3. The maximum absolute atomic E-state index is 13.5. The fraction of sp³-hybridized carbons (Fsp3) is 0.429. The van der Waals surface area contributed by atoms with Gasteiger partial charge in [0.2, 0.25) is 5.83 Å². The molecule has 0 saturated carbocycles. The summed E-state index contributed by atoms with van der Waals surface area (Å²) >= 11 is 1.95. The van der Waals surface area contributed by atoms with Crippen LogP contribution in [0.25, 0.3) is 0 Å². The Morgan fingerprint density at radius 1 is 1.25 bits per heavy atom. The van der Waals surface area contributed by atoms with E-state index in [4.69, 9.17) is 0 Å². The predicted octanol–water partition coefficient (Wildman–Crippen LogP) is 3.40. The summed E-state index contributed by atoms with van der Waals surface area (Å²) in [4.78, 5) is 8.45. The lowest BCUT2D eigenvalue weighted by Crippen LogP contribution is -2.42. The van der Waals surface area contributed by atoms with Gasteiger partial charge in [-0.25, -0.2) is 4.39 Å². The van der Waals surface area contributed by atoms with Gasteiger partial charge in [-0.05, 0) is 22.9 Å². The van der Waals surface area contributed by atoms with Gasteiger partial charge >= 0.3 is 11.7 Å². The van der Waals surface area contributed by atoms with Gasteiger partial charge in [-0.2, -0.15) is 17.6 Å². The molecule has 3 nitrogen and oxygen atoms in total. The molecule has 0 amide bonds. The lowest BCUT2D eigenvalue weighted by Gasteiger charge is -2.26. The fourth-order valence-corrected chi connectivity index (χ4v) is 1.66. The van der Waals surface area contributed by atoms with Crippen LogP contribution in [-0.4, -0.2) is 16.6 Å². The molecule has 0 bridgehead atoms. The number of hydrogen-bond acceptors (Lipinski definition) is 2. The van der Waals surface area contributed by atoms with Crippen LogP contribution >= 0.6 is 15.9 Å². The molecular weight excluding hydrogens is 305 g/mol. The monoisotopic (exact) mass is 307 g/mol. The molecule has 0 N–H and O–H groups in total. The molecule has 16 heavy (non-hydrogen) atoms. The molecule has 1 unspecified atom stereocenters. The first-order valence-corrected chi connectivity index (χ1v) is 4.52. The Labute approximate surface area is 93.9 Å². The van der Waals surface area contributed by atoms with Gasteiger partial charge in [-0.1, -0.05) is 0 Å². The van der Waals surface area contributed by atoms with Gasteiger partial charge in [0.1, 0.15) is 0 Å². The Kier molecular flexibility index (Phi) is 2.86. The quantitative estimate of drug-likeness (QED) is 0.322. The molecule has 0 fully saturated rings. The summed E-state index contributed by atoms with van der Waals surface area (Å²) in [6.45, 7) is 0.381. The zero-order chi connectivity index (χ0) is 12.9. The molecule has 90 valence electrons. The van der Waals surface area contributed by atoms with Crippen molar-refractivity contribution in [2.75, 3.05) is 0 Å². The summed E-state index contributed by atoms with van der Waals surface area (Å²) < 4.78 is 63.8. The molecule has 1 aliphatic carbocycles. The van der Waals surface area contributed by atoms with E-state index in [2.05, 4.69) is 0 Å². The third kappa shape index (κ3) is 1.37. The average molecular weight is 308 g/mol. The summed E-state index contributed by atoms with van der Waals surface area (Å²) in [7, 11) is 0. The number of hydrogen-bond donors (Lipinski definition) is 0. The lowest BCUT2D eigenvalue weighted by atomic mass is 9.96. The van der Waals surface area contributed by atoms with Crippen LogP contribution in [-0.2, 0) is 0 Å². The minimum atomic E-state index is -4.39. The molecular formula is C7H3BrF5NO2. The second kappa shape index (κ2) is 3.51. The van der Waals surface area contributed by atoms with Crippen LogP contribution in [0.3, 0.4) is 0 Å². The van der Waals surface area contributed by atoms with Crippen LogP contribution in [0.1, 0.15) is 6.92 Å². The Bertz CT molecular complexity index is 402. The molecule has 0 heterocycles. The molecule has 0 radical (unpaired) electrons. The maximum atomic E-state index is 13.5. The Hall–Kier alpha value is -0.990. The number of halogens is 6. The molecule has 1 rings (SSSR count). The smallest absolute Gasteiger partial charge is 0.261 e. The van der Waals surface area contributed by atoms with Gasteiger partial charge in [-0.15, -0.1) is 0 Å². The summed E-state index contributed by atoms with van der Waals surface area (Å²) in [6, 6.07) is 0. The predicted molar refractivity (Wildman–Crippen MR) is 46.6 cm³/mol. The topological polar surface area (TPSA) is 43.1 Å². The highest BCUT2D eigenvalue weighted by Crippen LogP contribution is 2.51. The maximum Gasteiger partial charge on any atom is 0.445 e. The van der Waals surface area contributed by atoms with E-state index in [9.17, 15) is 32.1 Å². The summed E-state index contributed by atoms with van der Waals surface area (Å²) in [5, 5.41) is 10.3. The molecule has 0 spiro atoms. The zero-order valence-corrected chi connectivity index (χ0v) is 9.12. The van der Waals surface area contributed by atoms with Crippen molar-refractivity contribution in [2.45, 2.75) is 18.6 Å². The second-order valence-electron chi connectivity index (χ2n) is 3.02. The molecule has 0 aromatic rings. The second-order valence-corrected chi connectivity index (χ2v) is 3.81. The van der Waals surface area contributed by atoms with E-state index in [1.54, 1.807) is 0 Å². The van der Waals surface area contributed by atoms with E-state index in [1.165, 1.54) is 0 Å². The molecule has 1 atom stereocenters. The van der Waals surface area contributed by atoms with Crippen LogP contribution in [0.4, 0.5) is 22.0 Å². The summed E-state index contributed by atoms with van der Waals surface area (Å²) in [6.07, 6.45) is 0. The van der Waals surface area contributed by atoms with Crippen molar-refractivity contribution in [3.8, 4) is 0 Å². The van der Waals surface area contributed by atoms with Crippen molar-refractivity contribution in [3.05, 3.63) is 31.8 Å². The van der Waals surface area contributed by atoms with E-state index in [-0.39, 0.29) is 0 Å². The van der Waals surface area contributed by atoms with Crippen LogP contribution in [0.15, 0.2) is 21.7 Å². The normalized spacial score (nSPS) is 29.7. The molecule has 1 aliphatic rings. The Morgan fingerprint density at radius 2 is 1.69 bits per heavy atom. The lowest BCUT2D eigenvalue weighted by molar-refractivity contribution is -0.582. The average Bonchev–Trinajstić information content (AvgIpc) is 2.21. The summed E-state index contributed by atoms with van der Waals surface area (Å²) in [5.74, 6) is -13.3. The third-order valence-corrected chi connectivity index (χ3v) is 2.98. The number of nitro groups is 1. The minimum absolute atomic E-state index is 0.381. The third-order valence-electron chi connectivity index (χ3n) is 2.10. The highest BCUT2D eigenvalue weighted by atomic mass is 79.9. The van der Waals surface area contributed by atoms with Gasteiger partial charge in [-0.3, -0.25) is 10.1 Å². The number of rotatable bonds is 1. The highest BCUT2D eigenvalue weighted by molar-refractivity contribution is 9.11. The van der Waals surface area contributed by atoms with Gasteiger partial charge in [0.25, 0.3) is 0 Å². The molecule has 0 aromatic heterocycles. The van der Waals surface area contributed by atoms with E-state index in [1.807, 2.05) is 15.9 Å². The largest absolute Gasteiger partial charge is 0.445 e. The first-order valence-electron chi connectivity index (χ1n) is 3.72. The molecule has 9 heteroatoms. The van der Waals surface area contributed by atoms with Crippen molar-refractivity contribution in [2.24, 2.45) is 0 Å². The molecule has 0 aliphatic heterocycles. The van der Waals surface area contributed by atoms with Gasteiger partial charge in [0.15, 0.2) is 10.3 Å². The van der Waals surface area contributed by atoms with Crippen LogP contribution in [0.5, 0.6) is 0 Å². The zero-order valence-electron chi connectivity index (χ0n) is 7.53. The summed E-state index contributed by atoms with van der Waals surface area (Å²) in [5.41, 5.74) is -1.66. The van der Waals surface area contributed by atoms with Gasteiger partial charge in [0, 0.05) is 5.57 Å². The number of nitrogens with zero attached hydrogens (tertiary/aromatic N) is 1. The Balaban J connectivity index is 3.60. The van der Waals surface area contributed by atoms with Crippen LogP contribution in [0.2, 0.25) is 0 Å². The van der Waals surface area contributed by atoms with Crippen molar-refractivity contribution in [1.29, 1.82) is 0 Å². The molecule has 0 saturated heterocycles. The van der Waals surface area contributed by atoms with Crippen molar-refractivity contribution < 1.29 is 26.9 Å². The number of alkyl halides is 3. The number of allylic oxidation sites excluding steroid dienone is 2. The van der Waals surface area contributed by atoms with Gasteiger partial charge < -0.3 is 0 Å². The van der Waals surface area contributed by atoms with Crippen molar-refractivity contribution in [1.82, 2.24) is 0 Å². The van der Waals surface area contributed by atoms with Crippen LogP contribution < -0.4 is 0 Å². The fourth-order valence-electron chi connectivity index (χ4n) is 1.09. The van der Waals surface area contributed by atoms with E-state index < -0.39 is 38.3 Å². The van der Waals surface area contributed by atoms with E-state index in [0.29, 0.717) is 6.92 Å². The van der Waals surface area contributed by atoms with Crippen molar-refractivity contribution >= 4 is 15.9 Å². The van der Waals surface area contributed by atoms with E-state index >= 15 is 0 Å². The first-order chi connectivity index (χ1) is 7.07. The molecule has 0 aromatic carbocycles. The van der Waals surface area contributed by atoms with Crippen LogP contribution in [0, 0.1) is 10.1 Å². The highest BCUT2D eigenvalue weighted by Gasteiger charge is 2.63. The first kappa shape index (κ1) is 13.1. The SMILES string of the molecule is CC1=C(F)C(F)([N+](=O)[O-])C(Br)=C(F)C1(F)F. The Morgan fingerprint density at radius 3 is 2.06 bits per heavy atom.